The smallest absolute Gasteiger partial charge is 0.254 e. The van der Waals surface area contributed by atoms with Crippen molar-refractivity contribution in [3.05, 3.63) is 35.4 Å². The first-order valence-corrected chi connectivity index (χ1v) is 9.74. The minimum Gasteiger partial charge on any atom is -0.368 e. The molecule has 0 aromatic heterocycles. The molecule has 2 aliphatic rings. The van der Waals surface area contributed by atoms with Crippen LogP contribution in [0.3, 0.4) is 0 Å². The number of rotatable bonds is 5. The summed E-state index contributed by atoms with van der Waals surface area (Å²) >= 11 is 0. The Morgan fingerprint density at radius 1 is 1.19 bits per heavy atom. The van der Waals surface area contributed by atoms with Gasteiger partial charge >= 0.3 is 0 Å². The van der Waals surface area contributed by atoms with E-state index in [9.17, 15) is 4.79 Å². The highest BCUT2D eigenvalue weighted by Crippen LogP contribution is 2.29. The molecule has 2 saturated heterocycles. The molecule has 3 rings (SSSR count). The number of piperidine rings is 2. The minimum absolute atomic E-state index is 0. The molecule has 0 radical (unpaired) electrons. The molecule has 1 aromatic carbocycles. The van der Waals surface area contributed by atoms with Crippen molar-refractivity contribution in [3.63, 3.8) is 0 Å². The summed E-state index contributed by atoms with van der Waals surface area (Å²) in [5, 5.41) is 3.32. The number of nitrogens with zero attached hydrogens (tertiary/aromatic N) is 1. The quantitative estimate of drug-likeness (QED) is 0.851. The number of aryl methyl sites for hydroxylation is 2. The first kappa shape index (κ1) is 21.2. The summed E-state index contributed by atoms with van der Waals surface area (Å²) in [5.41, 5.74) is 2.16. The van der Waals surface area contributed by atoms with Crippen LogP contribution in [0.25, 0.3) is 0 Å². The van der Waals surface area contributed by atoms with E-state index in [0.717, 1.165) is 64.2 Å². The molecule has 0 atom stereocenters. The van der Waals surface area contributed by atoms with E-state index >= 15 is 0 Å². The lowest BCUT2D eigenvalue weighted by molar-refractivity contribution is -0.159. The second-order valence-electron chi connectivity index (χ2n) is 7.71. The van der Waals surface area contributed by atoms with Gasteiger partial charge in [0, 0.05) is 20.2 Å². The van der Waals surface area contributed by atoms with Gasteiger partial charge in [-0.1, -0.05) is 29.8 Å². The number of benzene rings is 1. The van der Waals surface area contributed by atoms with Crippen LogP contribution in [0.1, 0.15) is 43.2 Å². The number of amides is 1. The number of halogens is 1. The molecule has 1 amide bonds. The Morgan fingerprint density at radius 3 is 2.38 bits per heavy atom. The maximum absolute atomic E-state index is 13.0. The molecule has 0 aliphatic carbocycles. The monoisotopic (exact) mass is 380 g/mol. The lowest BCUT2D eigenvalue weighted by atomic mass is 9.87. The highest BCUT2D eigenvalue weighted by molar-refractivity contribution is 5.86. The van der Waals surface area contributed by atoms with E-state index in [1.807, 2.05) is 0 Å². The first-order valence-electron chi connectivity index (χ1n) is 9.74. The zero-order valence-electron chi connectivity index (χ0n) is 16.1. The van der Waals surface area contributed by atoms with Crippen LogP contribution in [-0.4, -0.2) is 49.7 Å². The molecule has 2 heterocycles. The van der Waals surface area contributed by atoms with Crippen molar-refractivity contribution in [2.45, 2.75) is 51.0 Å². The van der Waals surface area contributed by atoms with Crippen molar-refractivity contribution in [1.82, 2.24) is 10.2 Å². The Balaban J connectivity index is 0.00000243. The third kappa shape index (κ3) is 4.99. The Morgan fingerprint density at radius 2 is 1.81 bits per heavy atom. The lowest BCUT2D eigenvalue weighted by Crippen LogP contribution is -2.56. The van der Waals surface area contributed by atoms with Gasteiger partial charge in [-0.25, -0.2) is 0 Å². The van der Waals surface area contributed by atoms with Crippen LogP contribution < -0.4 is 5.32 Å². The van der Waals surface area contributed by atoms with E-state index in [1.165, 1.54) is 17.5 Å². The summed E-state index contributed by atoms with van der Waals surface area (Å²) in [6.45, 7) is 5.64. The van der Waals surface area contributed by atoms with Crippen LogP contribution in [0.4, 0.5) is 0 Å². The molecular weight excluding hydrogens is 348 g/mol. The molecule has 0 spiro atoms. The summed E-state index contributed by atoms with van der Waals surface area (Å²) in [6.07, 6.45) is 6.19. The summed E-state index contributed by atoms with van der Waals surface area (Å²) in [6, 6.07) is 8.88. The fraction of sp³-hybridized carbons (Fsp3) is 0.667. The van der Waals surface area contributed by atoms with Crippen LogP contribution in [-0.2, 0) is 16.0 Å². The molecule has 0 saturated carbocycles. The molecule has 2 aliphatic heterocycles. The average Bonchev–Trinajstić information content (AvgIpc) is 2.68. The van der Waals surface area contributed by atoms with Crippen molar-refractivity contribution in [1.29, 1.82) is 0 Å². The van der Waals surface area contributed by atoms with Crippen LogP contribution in [0.5, 0.6) is 0 Å². The Labute approximate surface area is 164 Å². The van der Waals surface area contributed by atoms with Crippen molar-refractivity contribution < 1.29 is 9.53 Å². The van der Waals surface area contributed by atoms with Gasteiger partial charge < -0.3 is 15.0 Å². The molecule has 146 valence electrons. The third-order valence-electron chi connectivity index (χ3n) is 6.06. The van der Waals surface area contributed by atoms with Gasteiger partial charge in [0.15, 0.2) is 0 Å². The summed E-state index contributed by atoms with van der Waals surface area (Å²) in [7, 11) is 1.69. The van der Waals surface area contributed by atoms with Gasteiger partial charge in [-0.2, -0.15) is 0 Å². The maximum atomic E-state index is 13.0. The van der Waals surface area contributed by atoms with Crippen LogP contribution in [0.15, 0.2) is 24.3 Å². The maximum Gasteiger partial charge on any atom is 0.254 e. The van der Waals surface area contributed by atoms with Gasteiger partial charge in [-0.15, -0.1) is 12.4 Å². The molecule has 0 bridgehead atoms. The SMILES string of the molecule is COC1(C(=O)N2CCC(CCc3ccc(C)cc3)CC2)CCNCC1.Cl. The molecule has 26 heavy (non-hydrogen) atoms. The number of likely N-dealkylation sites (tertiary alicyclic amines) is 1. The molecule has 1 aromatic rings. The number of methoxy groups -OCH3 is 1. The van der Waals surface area contributed by atoms with Gasteiger partial charge in [-0.3, -0.25) is 4.79 Å². The number of hydrogen-bond acceptors (Lipinski definition) is 3. The van der Waals surface area contributed by atoms with Crippen LogP contribution >= 0.6 is 12.4 Å². The normalized spacial score (nSPS) is 20.5. The zero-order chi connectivity index (χ0) is 17.7. The standard InChI is InChI=1S/C21H32N2O2.ClH/c1-17-3-5-18(6-4-17)7-8-19-9-15-23(16-10-19)20(24)21(25-2)11-13-22-14-12-21;/h3-6,19,22H,7-16H2,1-2H3;1H. The van der Waals surface area contributed by atoms with Crippen LogP contribution in [0, 0.1) is 12.8 Å². The summed E-state index contributed by atoms with van der Waals surface area (Å²) in [4.78, 5) is 15.1. The first-order chi connectivity index (χ1) is 12.1. The summed E-state index contributed by atoms with van der Waals surface area (Å²) < 4.78 is 5.70. The predicted molar refractivity (Wildman–Crippen MR) is 108 cm³/mol. The molecule has 0 unspecified atom stereocenters. The topological polar surface area (TPSA) is 41.6 Å². The minimum atomic E-state index is -0.583. The van der Waals surface area contributed by atoms with E-state index in [4.69, 9.17) is 4.74 Å². The van der Waals surface area contributed by atoms with Crippen molar-refractivity contribution >= 4 is 18.3 Å². The number of carbonyl (C=O) groups excluding carboxylic acids is 1. The second-order valence-corrected chi connectivity index (χ2v) is 7.71. The van der Waals surface area contributed by atoms with E-state index < -0.39 is 5.60 Å². The van der Waals surface area contributed by atoms with E-state index in [1.54, 1.807) is 7.11 Å². The molecular formula is C21H33ClN2O2. The highest BCUT2D eigenvalue weighted by atomic mass is 35.5. The molecule has 1 N–H and O–H groups in total. The van der Waals surface area contributed by atoms with Gasteiger partial charge in [-0.05, 0) is 70.0 Å². The highest BCUT2D eigenvalue weighted by Gasteiger charge is 2.43. The largest absolute Gasteiger partial charge is 0.368 e. The Kier molecular flexibility index (Phi) is 7.93. The van der Waals surface area contributed by atoms with Crippen LogP contribution in [0.2, 0.25) is 0 Å². The second kappa shape index (κ2) is 9.72. The van der Waals surface area contributed by atoms with Gasteiger partial charge in [0.05, 0.1) is 0 Å². The number of carbonyl (C=O) groups is 1. The van der Waals surface area contributed by atoms with E-state index in [2.05, 4.69) is 41.4 Å². The number of nitrogens with one attached hydrogen (secondary N) is 1. The zero-order valence-corrected chi connectivity index (χ0v) is 16.9. The van der Waals surface area contributed by atoms with E-state index in [0.29, 0.717) is 0 Å². The molecule has 5 heteroatoms. The third-order valence-corrected chi connectivity index (χ3v) is 6.06. The lowest BCUT2D eigenvalue weighted by Gasteiger charge is -2.41. The fourth-order valence-corrected chi connectivity index (χ4v) is 4.17. The predicted octanol–water partition coefficient (Wildman–Crippen LogP) is 3.36. The van der Waals surface area contributed by atoms with Crippen molar-refractivity contribution in [2.24, 2.45) is 5.92 Å². The average molecular weight is 381 g/mol. The van der Waals surface area contributed by atoms with Crippen molar-refractivity contribution in [3.8, 4) is 0 Å². The van der Waals surface area contributed by atoms with Crippen molar-refractivity contribution in [2.75, 3.05) is 33.3 Å². The summed E-state index contributed by atoms with van der Waals surface area (Å²) in [5.74, 6) is 0.949. The Bertz CT molecular complexity index is 562. The number of ether oxygens (including phenoxy) is 1. The van der Waals surface area contributed by atoms with E-state index in [-0.39, 0.29) is 18.3 Å². The van der Waals surface area contributed by atoms with Gasteiger partial charge in [0.1, 0.15) is 5.60 Å². The fourth-order valence-electron chi connectivity index (χ4n) is 4.17. The molecule has 2 fully saturated rings. The van der Waals surface area contributed by atoms with Gasteiger partial charge in [0.2, 0.25) is 0 Å². The number of hydrogen-bond donors (Lipinski definition) is 1. The Hall–Kier alpha value is -1.10. The molecule has 4 nitrogen and oxygen atoms in total. The van der Waals surface area contributed by atoms with Gasteiger partial charge in [0.25, 0.3) is 5.91 Å².